The lowest BCUT2D eigenvalue weighted by atomic mass is 10.0. The Morgan fingerprint density at radius 3 is 2.00 bits per heavy atom. The first-order valence-corrected chi connectivity index (χ1v) is 4.99. The zero-order valence-corrected chi connectivity index (χ0v) is 8.78. The molecule has 0 saturated carbocycles. The largest absolute Gasteiger partial charge is 0.233 e. The summed E-state index contributed by atoms with van der Waals surface area (Å²) in [5.41, 5.74) is 0. The van der Waals surface area contributed by atoms with E-state index >= 15 is 0 Å². The first-order valence-electron chi connectivity index (χ1n) is 2.95. The summed E-state index contributed by atoms with van der Waals surface area (Å²) >= 11 is 6.69. The van der Waals surface area contributed by atoms with Gasteiger partial charge >= 0.3 is 0 Å². The average Bonchev–Trinajstić information content (AvgIpc) is 1.84. The van der Waals surface area contributed by atoms with Crippen molar-refractivity contribution in [2.24, 2.45) is 5.92 Å². The second kappa shape index (κ2) is 4.69. The summed E-state index contributed by atoms with van der Waals surface area (Å²) in [5.74, 6) is 0.198. The molecular weight excluding hydrogens is 248 g/mol. The molecule has 0 aliphatic rings. The van der Waals surface area contributed by atoms with E-state index in [1.54, 1.807) is 6.92 Å². The highest BCUT2D eigenvalue weighted by molar-refractivity contribution is 9.12. The maximum Gasteiger partial charge on any atom is 0.0938 e. The monoisotopic (exact) mass is 257 g/mol. The van der Waals surface area contributed by atoms with E-state index in [2.05, 4.69) is 31.9 Å². The molecule has 9 heavy (non-hydrogen) atoms. The summed E-state index contributed by atoms with van der Waals surface area (Å²) in [4.78, 5) is 0.310. The van der Waals surface area contributed by atoms with Gasteiger partial charge in [-0.1, -0.05) is 38.8 Å². The Bertz CT molecular complexity index is 75.5. The molecule has 3 atom stereocenters. The average molecular weight is 259 g/mol. The van der Waals surface area contributed by atoms with Crippen LogP contribution in [0.25, 0.3) is 0 Å². The molecule has 0 aromatic heterocycles. The van der Waals surface area contributed by atoms with Gasteiger partial charge in [0.15, 0.2) is 0 Å². The predicted molar refractivity (Wildman–Crippen MR) is 45.8 cm³/mol. The Balaban J connectivity index is 3.58. The van der Waals surface area contributed by atoms with Crippen molar-refractivity contribution in [3.8, 4) is 0 Å². The number of hydrogen-bond donors (Lipinski definition) is 0. The van der Waals surface area contributed by atoms with Gasteiger partial charge in [0, 0.05) is 10.2 Å². The number of rotatable bonds is 3. The van der Waals surface area contributed by atoms with Crippen molar-refractivity contribution in [3.63, 3.8) is 0 Å². The standard InChI is InChI=1S/C6H11Br2O/c1-4(5(2)9)6(8)3-7/h4-6H,3H2,1-2H3. The SMILES string of the molecule is CC([O])C(C)C(Br)CBr. The molecule has 0 heterocycles. The summed E-state index contributed by atoms with van der Waals surface area (Å²) in [6.07, 6.45) is -0.480. The molecule has 3 unspecified atom stereocenters. The van der Waals surface area contributed by atoms with Gasteiger partial charge in [0.2, 0.25) is 0 Å². The van der Waals surface area contributed by atoms with Crippen LogP contribution in [0.15, 0.2) is 0 Å². The van der Waals surface area contributed by atoms with Crippen LogP contribution in [0.4, 0.5) is 0 Å². The van der Waals surface area contributed by atoms with Crippen LogP contribution in [0.2, 0.25) is 0 Å². The van der Waals surface area contributed by atoms with Crippen molar-refractivity contribution in [2.45, 2.75) is 24.8 Å². The maximum atomic E-state index is 10.8. The van der Waals surface area contributed by atoms with Crippen LogP contribution in [0.3, 0.4) is 0 Å². The molecule has 1 radical (unpaired) electrons. The van der Waals surface area contributed by atoms with Crippen LogP contribution < -0.4 is 0 Å². The van der Waals surface area contributed by atoms with Crippen molar-refractivity contribution < 1.29 is 5.11 Å². The van der Waals surface area contributed by atoms with Gasteiger partial charge < -0.3 is 0 Å². The van der Waals surface area contributed by atoms with Gasteiger partial charge in [0.05, 0.1) is 6.10 Å². The summed E-state index contributed by atoms with van der Waals surface area (Å²) in [6, 6.07) is 0. The molecule has 0 spiro atoms. The summed E-state index contributed by atoms with van der Waals surface area (Å²) < 4.78 is 0. The van der Waals surface area contributed by atoms with E-state index < -0.39 is 6.10 Å². The first-order chi connectivity index (χ1) is 4.09. The van der Waals surface area contributed by atoms with E-state index in [4.69, 9.17) is 0 Å². The zero-order valence-electron chi connectivity index (χ0n) is 5.60. The number of hydrogen-bond acceptors (Lipinski definition) is 0. The van der Waals surface area contributed by atoms with Crippen molar-refractivity contribution in [1.29, 1.82) is 0 Å². The number of halogens is 2. The van der Waals surface area contributed by atoms with Crippen LogP contribution in [0, 0.1) is 5.92 Å². The summed E-state index contributed by atoms with van der Waals surface area (Å²) in [7, 11) is 0. The van der Waals surface area contributed by atoms with Crippen LogP contribution in [0.5, 0.6) is 0 Å². The summed E-state index contributed by atoms with van der Waals surface area (Å²) in [6.45, 7) is 3.65. The topological polar surface area (TPSA) is 19.9 Å². The van der Waals surface area contributed by atoms with Crippen molar-refractivity contribution in [2.75, 3.05) is 5.33 Å². The second-order valence-corrected chi connectivity index (χ2v) is 4.06. The van der Waals surface area contributed by atoms with Gasteiger partial charge in [0.1, 0.15) is 0 Å². The Morgan fingerprint density at radius 2 is 1.89 bits per heavy atom. The Hall–Kier alpha value is 0.920. The molecule has 0 saturated heterocycles. The third-order valence-corrected chi connectivity index (χ3v) is 4.18. The van der Waals surface area contributed by atoms with Crippen molar-refractivity contribution >= 4 is 31.9 Å². The predicted octanol–water partition coefficient (Wildman–Crippen LogP) is 2.60. The molecule has 0 rings (SSSR count). The van der Waals surface area contributed by atoms with E-state index in [0.29, 0.717) is 4.83 Å². The Morgan fingerprint density at radius 1 is 1.44 bits per heavy atom. The van der Waals surface area contributed by atoms with E-state index in [9.17, 15) is 5.11 Å². The Labute approximate surface area is 73.1 Å². The van der Waals surface area contributed by atoms with Gasteiger partial charge in [0.25, 0.3) is 0 Å². The smallest absolute Gasteiger partial charge is 0.0938 e. The van der Waals surface area contributed by atoms with Crippen LogP contribution in [-0.4, -0.2) is 16.3 Å². The van der Waals surface area contributed by atoms with Gasteiger partial charge in [-0.3, -0.25) is 0 Å². The highest BCUT2D eigenvalue weighted by atomic mass is 79.9. The second-order valence-electron chi connectivity index (χ2n) is 2.23. The highest BCUT2D eigenvalue weighted by Crippen LogP contribution is 2.18. The van der Waals surface area contributed by atoms with Gasteiger partial charge in [-0.2, -0.15) is 0 Å². The summed E-state index contributed by atoms with van der Waals surface area (Å²) in [5, 5.41) is 11.6. The van der Waals surface area contributed by atoms with Crippen LogP contribution in [-0.2, 0) is 5.11 Å². The van der Waals surface area contributed by atoms with Gasteiger partial charge in [-0.15, -0.1) is 0 Å². The maximum absolute atomic E-state index is 10.8. The number of alkyl halides is 2. The molecule has 0 aromatic carbocycles. The first kappa shape index (κ1) is 9.92. The minimum atomic E-state index is -0.480. The zero-order chi connectivity index (χ0) is 7.44. The van der Waals surface area contributed by atoms with Crippen LogP contribution >= 0.6 is 31.9 Å². The highest BCUT2D eigenvalue weighted by Gasteiger charge is 2.18. The lowest BCUT2D eigenvalue weighted by Gasteiger charge is -2.16. The van der Waals surface area contributed by atoms with Gasteiger partial charge in [-0.05, 0) is 12.8 Å². The molecule has 0 bridgehead atoms. The van der Waals surface area contributed by atoms with E-state index in [1.807, 2.05) is 6.92 Å². The normalized spacial score (nSPS) is 21.0. The molecule has 0 aliphatic heterocycles. The molecule has 0 fully saturated rings. The quantitative estimate of drug-likeness (QED) is 0.694. The molecule has 55 valence electrons. The fourth-order valence-corrected chi connectivity index (χ4v) is 1.45. The minimum Gasteiger partial charge on any atom is -0.233 e. The third-order valence-electron chi connectivity index (χ3n) is 1.46. The lowest BCUT2D eigenvalue weighted by molar-refractivity contribution is 0.0608. The lowest BCUT2D eigenvalue weighted by Crippen LogP contribution is -2.22. The Kier molecular flexibility index (Phi) is 5.17. The fraction of sp³-hybridized carbons (Fsp3) is 1.00. The molecule has 0 aromatic rings. The van der Waals surface area contributed by atoms with Gasteiger partial charge in [-0.25, -0.2) is 5.11 Å². The molecule has 3 heteroatoms. The third kappa shape index (κ3) is 3.58. The van der Waals surface area contributed by atoms with Crippen LogP contribution in [0.1, 0.15) is 13.8 Å². The minimum absolute atomic E-state index is 0.198. The van der Waals surface area contributed by atoms with Crippen molar-refractivity contribution in [3.05, 3.63) is 0 Å². The molecule has 1 nitrogen and oxygen atoms in total. The van der Waals surface area contributed by atoms with E-state index in [1.165, 1.54) is 0 Å². The molecular formula is C6H11Br2O. The van der Waals surface area contributed by atoms with E-state index in [0.717, 1.165) is 5.33 Å². The van der Waals surface area contributed by atoms with Crippen molar-refractivity contribution in [1.82, 2.24) is 0 Å². The molecule has 0 aliphatic carbocycles. The molecule has 0 N–H and O–H groups in total. The fourth-order valence-electron chi connectivity index (χ4n) is 0.435. The van der Waals surface area contributed by atoms with E-state index in [-0.39, 0.29) is 5.92 Å². The molecule has 0 amide bonds.